The highest BCUT2D eigenvalue weighted by molar-refractivity contribution is 5.22. The SMILES string of the molecule is CCCNC(c1ccoc1C)C1CCOC2(CCC2)C1. The minimum atomic E-state index is 0.215. The van der Waals surface area contributed by atoms with Crippen LogP contribution in [0, 0.1) is 12.8 Å². The number of furan rings is 1. The van der Waals surface area contributed by atoms with Gasteiger partial charge in [-0.25, -0.2) is 0 Å². The Balaban J connectivity index is 1.76. The van der Waals surface area contributed by atoms with Gasteiger partial charge in [-0.15, -0.1) is 0 Å². The predicted octanol–water partition coefficient (Wildman–Crippen LogP) is 3.98. The zero-order valence-corrected chi connectivity index (χ0v) is 12.8. The lowest BCUT2D eigenvalue weighted by atomic mass is 9.69. The quantitative estimate of drug-likeness (QED) is 0.884. The van der Waals surface area contributed by atoms with Crippen molar-refractivity contribution >= 4 is 0 Å². The summed E-state index contributed by atoms with van der Waals surface area (Å²) in [5.41, 5.74) is 1.56. The van der Waals surface area contributed by atoms with Crippen LogP contribution in [0.25, 0.3) is 0 Å². The molecule has 0 amide bonds. The number of rotatable bonds is 5. The first-order valence-electron chi connectivity index (χ1n) is 8.15. The monoisotopic (exact) mass is 277 g/mol. The summed E-state index contributed by atoms with van der Waals surface area (Å²) < 4.78 is 11.6. The molecule has 1 aliphatic carbocycles. The highest BCUT2D eigenvalue weighted by Gasteiger charge is 2.44. The molecule has 20 heavy (non-hydrogen) atoms. The maximum Gasteiger partial charge on any atom is 0.105 e. The second-order valence-corrected chi connectivity index (χ2v) is 6.50. The van der Waals surface area contributed by atoms with Gasteiger partial charge in [0, 0.05) is 18.2 Å². The molecule has 0 bridgehead atoms. The van der Waals surface area contributed by atoms with Crippen molar-refractivity contribution < 1.29 is 9.15 Å². The first-order valence-corrected chi connectivity index (χ1v) is 8.15. The molecule has 0 radical (unpaired) electrons. The predicted molar refractivity (Wildman–Crippen MR) is 79.7 cm³/mol. The van der Waals surface area contributed by atoms with Crippen molar-refractivity contribution in [1.82, 2.24) is 5.32 Å². The van der Waals surface area contributed by atoms with E-state index in [0.717, 1.165) is 25.3 Å². The second kappa shape index (κ2) is 5.90. The maximum atomic E-state index is 6.08. The van der Waals surface area contributed by atoms with Crippen LogP contribution in [0.4, 0.5) is 0 Å². The van der Waals surface area contributed by atoms with Gasteiger partial charge in [0.05, 0.1) is 11.9 Å². The molecule has 3 rings (SSSR count). The summed E-state index contributed by atoms with van der Waals surface area (Å²) in [6.07, 6.45) is 9.21. The zero-order chi connectivity index (χ0) is 14.0. The Morgan fingerprint density at radius 1 is 1.45 bits per heavy atom. The third-order valence-corrected chi connectivity index (χ3v) is 5.12. The van der Waals surface area contributed by atoms with E-state index in [1.807, 2.05) is 6.26 Å². The lowest BCUT2D eigenvalue weighted by Crippen LogP contribution is -2.48. The highest BCUT2D eigenvalue weighted by Crippen LogP contribution is 2.47. The van der Waals surface area contributed by atoms with E-state index >= 15 is 0 Å². The summed E-state index contributed by atoms with van der Waals surface area (Å²) in [5, 5.41) is 3.75. The van der Waals surface area contributed by atoms with Gasteiger partial charge in [0.2, 0.25) is 0 Å². The summed E-state index contributed by atoms with van der Waals surface area (Å²) in [6, 6.07) is 2.57. The van der Waals surface area contributed by atoms with Gasteiger partial charge in [0.15, 0.2) is 0 Å². The summed E-state index contributed by atoms with van der Waals surface area (Å²) in [5.74, 6) is 1.74. The molecular formula is C17H27NO2. The molecule has 1 saturated carbocycles. The van der Waals surface area contributed by atoms with E-state index in [1.54, 1.807) is 0 Å². The van der Waals surface area contributed by atoms with Gasteiger partial charge in [-0.05, 0) is 64.0 Å². The lowest BCUT2D eigenvalue weighted by Gasteiger charge is -2.49. The van der Waals surface area contributed by atoms with Crippen molar-refractivity contribution in [3.8, 4) is 0 Å². The Bertz CT molecular complexity index is 436. The van der Waals surface area contributed by atoms with Crippen LogP contribution in [0.3, 0.4) is 0 Å². The molecule has 1 aliphatic heterocycles. The van der Waals surface area contributed by atoms with Gasteiger partial charge < -0.3 is 14.5 Å². The van der Waals surface area contributed by atoms with E-state index in [9.17, 15) is 0 Å². The molecule has 112 valence electrons. The number of aryl methyl sites for hydroxylation is 1. The van der Waals surface area contributed by atoms with Crippen LogP contribution in [-0.4, -0.2) is 18.8 Å². The first-order chi connectivity index (χ1) is 9.74. The number of hydrogen-bond donors (Lipinski definition) is 1. The number of nitrogens with one attached hydrogen (secondary N) is 1. The largest absolute Gasteiger partial charge is 0.469 e. The number of ether oxygens (including phenoxy) is 1. The van der Waals surface area contributed by atoms with Crippen LogP contribution >= 0.6 is 0 Å². The lowest BCUT2D eigenvalue weighted by molar-refractivity contribution is -0.147. The maximum absolute atomic E-state index is 6.08. The summed E-state index contributed by atoms with van der Waals surface area (Å²) in [7, 11) is 0. The summed E-state index contributed by atoms with van der Waals surface area (Å²) >= 11 is 0. The molecular weight excluding hydrogens is 250 g/mol. The van der Waals surface area contributed by atoms with Crippen molar-refractivity contribution in [1.29, 1.82) is 0 Å². The zero-order valence-electron chi connectivity index (χ0n) is 12.8. The Labute approximate surface area is 122 Å². The molecule has 2 unspecified atom stereocenters. The molecule has 1 aromatic rings. The Morgan fingerprint density at radius 3 is 2.90 bits per heavy atom. The topological polar surface area (TPSA) is 34.4 Å². The van der Waals surface area contributed by atoms with Crippen LogP contribution in [0.1, 0.15) is 62.8 Å². The summed E-state index contributed by atoms with van der Waals surface area (Å²) in [6.45, 7) is 6.30. The van der Waals surface area contributed by atoms with Crippen molar-refractivity contribution in [2.75, 3.05) is 13.2 Å². The van der Waals surface area contributed by atoms with Gasteiger partial charge in [0.25, 0.3) is 0 Å². The van der Waals surface area contributed by atoms with E-state index < -0.39 is 0 Å². The van der Waals surface area contributed by atoms with Gasteiger partial charge in [-0.2, -0.15) is 0 Å². The molecule has 3 nitrogen and oxygen atoms in total. The average Bonchev–Trinajstić information content (AvgIpc) is 2.84. The van der Waals surface area contributed by atoms with Gasteiger partial charge in [0.1, 0.15) is 5.76 Å². The molecule has 3 heteroatoms. The number of hydrogen-bond acceptors (Lipinski definition) is 3. The Kier molecular flexibility index (Phi) is 4.18. The van der Waals surface area contributed by atoms with Crippen molar-refractivity contribution in [2.24, 2.45) is 5.92 Å². The van der Waals surface area contributed by atoms with Gasteiger partial charge in [-0.1, -0.05) is 6.92 Å². The molecule has 2 heterocycles. The van der Waals surface area contributed by atoms with E-state index in [-0.39, 0.29) is 5.60 Å². The molecule has 0 aromatic carbocycles. The third-order valence-electron chi connectivity index (χ3n) is 5.12. The average molecular weight is 277 g/mol. The molecule has 2 aliphatic rings. The fourth-order valence-corrected chi connectivity index (χ4v) is 3.82. The van der Waals surface area contributed by atoms with Crippen LogP contribution in [0.15, 0.2) is 16.7 Å². The van der Waals surface area contributed by atoms with E-state index in [0.29, 0.717) is 12.0 Å². The third kappa shape index (κ3) is 2.66. The van der Waals surface area contributed by atoms with Crippen LogP contribution in [0.5, 0.6) is 0 Å². The van der Waals surface area contributed by atoms with Gasteiger partial charge >= 0.3 is 0 Å². The van der Waals surface area contributed by atoms with Crippen LogP contribution in [-0.2, 0) is 4.74 Å². The minimum Gasteiger partial charge on any atom is -0.469 e. The van der Waals surface area contributed by atoms with E-state index in [2.05, 4.69) is 25.2 Å². The first kappa shape index (κ1) is 14.2. The molecule has 2 fully saturated rings. The smallest absolute Gasteiger partial charge is 0.105 e. The summed E-state index contributed by atoms with van der Waals surface area (Å²) in [4.78, 5) is 0. The van der Waals surface area contributed by atoms with Crippen molar-refractivity contribution in [3.63, 3.8) is 0 Å². The molecule has 1 aromatic heterocycles. The Morgan fingerprint density at radius 2 is 2.30 bits per heavy atom. The minimum absolute atomic E-state index is 0.215. The molecule has 1 spiro atoms. The molecule has 1 saturated heterocycles. The van der Waals surface area contributed by atoms with Crippen molar-refractivity contribution in [3.05, 3.63) is 23.7 Å². The van der Waals surface area contributed by atoms with Crippen molar-refractivity contribution in [2.45, 2.75) is 64.0 Å². The van der Waals surface area contributed by atoms with Crippen LogP contribution < -0.4 is 5.32 Å². The standard InChI is InChI=1S/C17H27NO2/c1-3-9-18-16(15-6-10-19-13(15)2)14-5-11-20-17(12-14)7-4-8-17/h6,10,14,16,18H,3-5,7-9,11-12H2,1-2H3. The van der Waals surface area contributed by atoms with E-state index in [4.69, 9.17) is 9.15 Å². The van der Waals surface area contributed by atoms with Gasteiger partial charge in [-0.3, -0.25) is 0 Å². The highest BCUT2D eigenvalue weighted by atomic mass is 16.5. The molecule has 1 N–H and O–H groups in total. The van der Waals surface area contributed by atoms with E-state index in [1.165, 1.54) is 37.7 Å². The fraction of sp³-hybridized carbons (Fsp3) is 0.765. The fourth-order valence-electron chi connectivity index (χ4n) is 3.82. The Hall–Kier alpha value is -0.800. The van der Waals surface area contributed by atoms with Crippen LogP contribution in [0.2, 0.25) is 0 Å². The molecule has 2 atom stereocenters. The second-order valence-electron chi connectivity index (χ2n) is 6.50. The normalized spacial score (nSPS) is 26.4.